The summed E-state index contributed by atoms with van der Waals surface area (Å²) in [7, 11) is 0. The minimum absolute atomic E-state index is 0.123. The van der Waals surface area contributed by atoms with Crippen LogP contribution in [0.3, 0.4) is 0 Å². The molecule has 0 spiro atoms. The van der Waals surface area contributed by atoms with Gasteiger partial charge in [0.2, 0.25) is 0 Å². The molecule has 1 aliphatic carbocycles. The van der Waals surface area contributed by atoms with Crippen LogP contribution in [0.25, 0.3) is 96.6 Å². The van der Waals surface area contributed by atoms with E-state index in [2.05, 4.69) is 172 Å². The van der Waals surface area contributed by atoms with Crippen molar-refractivity contribution in [3.8, 4) is 33.4 Å². The summed E-state index contributed by atoms with van der Waals surface area (Å²) in [6.07, 6.45) is 0. The summed E-state index contributed by atoms with van der Waals surface area (Å²) < 4.78 is 2.73. The van der Waals surface area contributed by atoms with Gasteiger partial charge in [0, 0.05) is 25.6 Å². The van der Waals surface area contributed by atoms with E-state index in [4.69, 9.17) is 0 Å². The molecule has 0 saturated carbocycles. The molecule has 1 aliphatic rings. The second-order valence-corrected chi connectivity index (χ2v) is 15.5. The molecule has 0 nitrogen and oxygen atoms in total. The van der Waals surface area contributed by atoms with Crippen molar-refractivity contribution < 1.29 is 0 Å². The van der Waals surface area contributed by atoms with Gasteiger partial charge in [0.05, 0.1) is 0 Å². The molecule has 0 N–H and O–H groups in total. The summed E-state index contributed by atoms with van der Waals surface area (Å²) in [4.78, 5) is 0. The third kappa shape index (κ3) is 3.76. The molecule has 1 heteroatoms. The lowest BCUT2D eigenvalue weighted by molar-refractivity contribution is 0.661. The van der Waals surface area contributed by atoms with Crippen molar-refractivity contribution in [1.29, 1.82) is 0 Å². The van der Waals surface area contributed by atoms with Crippen LogP contribution in [0.1, 0.15) is 25.0 Å². The molecule has 0 unspecified atom stereocenters. The van der Waals surface area contributed by atoms with E-state index in [1.807, 2.05) is 11.3 Å². The fourth-order valence-corrected chi connectivity index (χ4v) is 10.2. The Labute approximate surface area is 294 Å². The zero-order valence-corrected chi connectivity index (χ0v) is 28.7. The molecule has 0 fully saturated rings. The van der Waals surface area contributed by atoms with Crippen molar-refractivity contribution in [1.82, 2.24) is 0 Å². The van der Waals surface area contributed by atoms with E-state index in [0.717, 1.165) is 0 Å². The minimum atomic E-state index is -0.123. The second-order valence-electron chi connectivity index (χ2n) is 14.4. The Hall–Kier alpha value is -5.76. The second kappa shape index (κ2) is 10.1. The fourth-order valence-electron chi connectivity index (χ4n) is 9.10. The standard InChI is InChI=1S/C49H32S/c1-49(2)42-26-31(22-24-34(42)40-27-41-45(28-43(40)49)50-44-25-23-30-13-4-6-16-33(30)48(41)44)46-36-17-7-9-19-38(36)47(39-20-10-8-18-37(39)46)35-21-11-14-29-12-3-5-15-32(29)35/h3-28H,1-2H3. The molecule has 1 heterocycles. The van der Waals surface area contributed by atoms with Crippen molar-refractivity contribution in [3.63, 3.8) is 0 Å². The molecular weight excluding hydrogens is 621 g/mol. The SMILES string of the molecule is CC1(C)c2cc(-c3c4ccccc4c(-c4cccc5ccccc45)c4ccccc34)ccc2-c2cc3c(cc21)sc1ccc2ccccc2c13. The van der Waals surface area contributed by atoms with Gasteiger partial charge < -0.3 is 0 Å². The van der Waals surface area contributed by atoms with Gasteiger partial charge in [-0.05, 0) is 112 Å². The molecule has 0 bridgehead atoms. The zero-order chi connectivity index (χ0) is 33.1. The first-order valence-corrected chi connectivity index (χ1v) is 18.3. The van der Waals surface area contributed by atoms with E-state index in [0.29, 0.717) is 0 Å². The number of thiophene rings is 1. The lowest BCUT2D eigenvalue weighted by atomic mass is 9.80. The van der Waals surface area contributed by atoms with Crippen LogP contribution >= 0.6 is 11.3 Å². The summed E-state index contributed by atoms with van der Waals surface area (Å²) in [5.41, 5.74) is 10.6. The highest BCUT2D eigenvalue weighted by Gasteiger charge is 2.36. The summed E-state index contributed by atoms with van der Waals surface area (Å²) in [6.45, 7) is 4.83. The lowest BCUT2D eigenvalue weighted by Crippen LogP contribution is -2.15. The Morgan fingerprint density at radius 2 is 0.960 bits per heavy atom. The molecule has 234 valence electrons. The van der Waals surface area contributed by atoms with Crippen LogP contribution in [0, 0.1) is 0 Å². The first-order valence-electron chi connectivity index (χ1n) is 17.5. The summed E-state index contributed by atoms with van der Waals surface area (Å²) >= 11 is 1.92. The van der Waals surface area contributed by atoms with Gasteiger partial charge in [-0.2, -0.15) is 0 Å². The third-order valence-corrected chi connectivity index (χ3v) is 12.6. The van der Waals surface area contributed by atoms with Crippen LogP contribution in [0.4, 0.5) is 0 Å². The highest BCUT2D eigenvalue weighted by atomic mass is 32.1. The summed E-state index contributed by atoms with van der Waals surface area (Å²) in [5, 5.41) is 13.1. The Kier molecular flexibility index (Phi) is 5.70. The number of hydrogen-bond donors (Lipinski definition) is 0. The number of rotatable bonds is 2. The summed E-state index contributed by atoms with van der Waals surface area (Å²) in [6, 6.07) is 59.2. The highest BCUT2D eigenvalue weighted by molar-refractivity contribution is 7.26. The van der Waals surface area contributed by atoms with Crippen LogP contribution in [-0.2, 0) is 5.41 Å². The minimum Gasteiger partial charge on any atom is -0.135 e. The average Bonchev–Trinajstić information content (AvgIpc) is 3.64. The number of fused-ring (bicyclic) bond motifs is 11. The molecule has 0 saturated heterocycles. The smallest absolute Gasteiger partial charge is 0.0361 e. The van der Waals surface area contributed by atoms with Gasteiger partial charge in [0.15, 0.2) is 0 Å². The van der Waals surface area contributed by atoms with E-state index >= 15 is 0 Å². The van der Waals surface area contributed by atoms with Gasteiger partial charge in [-0.3, -0.25) is 0 Å². The van der Waals surface area contributed by atoms with Gasteiger partial charge in [0.1, 0.15) is 0 Å². The van der Waals surface area contributed by atoms with E-state index < -0.39 is 0 Å². The Bertz CT molecular complexity index is 3000. The Morgan fingerprint density at radius 3 is 1.68 bits per heavy atom. The molecule has 0 amide bonds. The maximum atomic E-state index is 2.50. The molecule has 11 rings (SSSR count). The van der Waals surface area contributed by atoms with Crippen LogP contribution in [-0.4, -0.2) is 0 Å². The third-order valence-electron chi connectivity index (χ3n) is 11.4. The van der Waals surface area contributed by atoms with Crippen molar-refractivity contribution in [3.05, 3.63) is 169 Å². The number of hydrogen-bond acceptors (Lipinski definition) is 1. The van der Waals surface area contributed by atoms with Gasteiger partial charge >= 0.3 is 0 Å². The average molecular weight is 653 g/mol. The van der Waals surface area contributed by atoms with E-state index in [1.165, 1.54) is 108 Å². The topological polar surface area (TPSA) is 0 Å². The maximum absolute atomic E-state index is 2.50. The van der Waals surface area contributed by atoms with Gasteiger partial charge in [0.25, 0.3) is 0 Å². The summed E-state index contributed by atoms with van der Waals surface area (Å²) in [5.74, 6) is 0. The quantitative estimate of drug-likeness (QED) is 0.163. The van der Waals surface area contributed by atoms with Gasteiger partial charge in [-0.25, -0.2) is 0 Å². The van der Waals surface area contributed by atoms with Crippen LogP contribution in [0.5, 0.6) is 0 Å². The molecule has 0 atom stereocenters. The monoisotopic (exact) mass is 652 g/mol. The lowest BCUT2D eigenvalue weighted by Gasteiger charge is -2.23. The normalized spacial score (nSPS) is 13.6. The maximum Gasteiger partial charge on any atom is 0.0361 e. The van der Waals surface area contributed by atoms with Crippen molar-refractivity contribution in [2.24, 2.45) is 0 Å². The largest absolute Gasteiger partial charge is 0.135 e. The van der Waals surface area contributed by atoms with E-state index in [9.17, 15) is 0 Å². The predicted octanol–water partition coefficient (Wildman–Crippen LogP) is 14.3. The first kappa shape index (κ1) is 28.1. The van der Waals surface area contributed by atoms with E-state index in [1.54, 1.807) is 0 Å². The van der Waals surface area contributed by atoms with Crippen molar-refractivity contribution in [2.75, 3.05) is 0 Å². The van der Waals surface area contributed by atoms with E-state index in [-0.39, 0.29) is 5.41 Å². The number of benzene rings is 9. The van der Waals surface area contributed by atoms with Crippen LogP contribution in [0.15, 0.2) is 158 Å². The van der Waals surface area contributed by atoms with Gasteiger partial charge in [-0.1, -0.05) is 147 Å². The van der Waals surface area contributed by atoms with Crippen molar-refractivity contribution >= 4 is 74.6 Å². The first-order chi connectivity index (χ1) is 24.6. The predicted molar refractivity (Wildman–Crippen MR) is 218 cm³/mol. The van der Waals surface area contributed by atoms with Gasteiger partial charge in [-0.15, -0.1) is 11.3 Å². The molecule has 1 aromatic heterocycles. The van der Waals surface area contributed by atoms with Crippen LogP contribution in [0.2, 0.25) is 0 Å². The van der Waals surface area contributed by atoms with Crippen LogP contribution < -0.4 is 0 Å². The molecule has 10 aromatic rings. The Balaban J connectivity index is 1.16. The molecule has 0 aliphatic heterocycles. The molecular formula is C49H32S. The molecule has 9 aromatic carbocycles. The fraction of sp³-hybridized carbons (Fsp3) is 0.0612. The molecule has 50 heavy (non-hydrogen) atoms. The highest BCUT2D eigenvalue weighted by Crippen LogP contribution is 2.54. The molecule has 0 radical (unpaired) electrons. The van der Waals surface area contributed by atoms with Crippen molar-refractivity contribution in [2.45, 2.75) is 19.3 Å². The Morgan fingerprint density at radius 1 is 0.380 bits per heavy atom. The zero-order valence-electron chi connectivity index (χ0n) is 27.9.